The van der Waals surface area contributed by atoms with Crippen molar-refractivity contribution < 1.29 is 0 Å². The zero-order valence-electron chi connectivity index (χ0n) is 24.2. The molecule has 0 spiro atoms. The molecule has 0 aromatic heterocycles. The number of benzene rings is 3. The molecule has 0 atom stereocenters. The van der Waals surface area contributed by atoms with Gasteiger partial charge in [0.1, 0.15) is 0 Å². The minimum Gasteiger partial charge on any atom is -0.386 e. The number of nitrogens with two attached hydrogens (primary N) is 2. The lowest BCUT2D eigenvalue weighted by molar-refractivity contribution is 0.908. The van der Waals surface area contributed by atoms with E-state index in [1.54, 1.807) is 0 Å². The molecule has 0 heterocycles. The van der Waals surface area contributed by atoms with Crippen LogP contribution in [0.5, 0.6) is 0 Å². The quantitative estimate of drug-likeness (QED) is 0.241. The van der Waals surface area contributed by atoms with Gasteiger partial charge in [-0.3, -0.25) is 0 Å². The summed E-state index contributed by atoms with van der Waals surface area (Å²) in [4.78, 5) is 0. The second-order valence-corrected chi connectivity index (χ2v) is 9.20. The fourth-order valence-corrected chi connectivity index (χ4v) is 3.83. The molecule has 0 amide bonds. The van der Waals surface area contributed by atoms with Gasteiger partial charge in [-0.2, -0.15) is 0 Å². The van der Waals surface area contributed by atoms with Crippen LogP contribution in [0.3, 0.4) is 0 Å². The molecule has 0 unspecified atom stereocenters. The van der Waals surface area contributed by atoms with Crippen molar-refractivity contribution in [2.24, 2.45) is 11.5 Å². The van der Waals surface area contributed by atoms with Crippen LogP contribution in [0, 0.1) is 47.4 Å². The lowest BCUT2D eigenvalue weighted by atomic mass is 9.95. The Bertz CT molecular complexity index is 1560. The van der Waals surface area contributed by atoms with E-state index in [1.807, 2.05) is 32.3 Å². The van der Waals surface area contributed by atoms with Gasteiger partial charge in [0.25, 0.3) is 0 Å². The van der Waals surface area contributed by atoms with Gasteiger partial charge in [0.2, 0.25) is 0 Å². The zero-order valence-corrected chi connectivity index (χ0v) is 24.2. The molecule has 0 aliphatic heterocycles. The first-order valence-electron chi connectivity index (χ1n) is 13.4. The van der Waals surface area contributed by atoms with Gasteiger partial charge in [-0.25, -0.2) is 0 Å². The third-order valence-electron chi connectivity index (χ3n) is 5.66. The maximum Gasteiger partial charge on any atom is 0.0893 e. The van der Waals surface area contributed by atoms with Crippen LogP contribution in [0.15, 0.2) is 85.5 Å². The summed E-state index contributed by atoms with van der Waals surface area (Å²) in [6, 6.07) is 20.7. The summed E-state index contributed by atoms with van der Waals surface area (Å²) >= 11 is 0. The van der Waals surface area contributed by atoms with Crippen molar-refractivity contribution in [3.63, 3.8) is 0 Å². The molecule has 3 rings (SSSR count). The standard InChI is InChI=1S/C36H36N6/c1-27(37)41-18-8-12-31-20-29(10-6-16-39-3)22-35(24-31)33-14-5-15-34(26-33)36-23-30(11-7-17-40-4)21-32(25-36)13-9-19-42-28(2)38/h5,14-15,20-26,39-42H,1-2,16-19,37-38H2,3-4H3. The van der Waals surface area contributed by atoms with Crippen molar-refractivity contribution >= 4 is 0 Å². The van der Waals surface area contributed by atoms with Crippen LogP contribution in [0.2, 0.25) is 0 Å². The summed E-state index contributed by atoms with van der Waals surface area (Å²) in [6.07, 6.45) is 0. The number of hydrogen-bond acceptors (Lipinski definition) is 6. The summed E-state index contributed by atoms with van der Waals surface area (Å²) in [5.74, 6) is 26.1. The Hall–Kier alpha value is -5.50. The normalized spacial score (nSPS) is 9.38. The molecule has 0 saturated carbocycles. The first-order chi connectivity index (χ1) is 20.4. The monoisotopic (exact) mass is 552 g/mol. The van der Waals surface area contributed by atoms with Gasteiger partial charge in [0.15, 0.2) is 0 Å². The molecule has 3 aromatic carbocycles. The molecule has 0 saturated heterocycles. The average molecular weight is 553 g/mol. The molecule has 8 N–H and O–H groups in total. The van der Waals surface area contributed by atoms with Crippen molar-refractivity contribution in [2.75, 3.05) is 40.3 Å². The molecule has 0 aliphatic carbocycles. The maximum atomic E-state index is 5.59. The Morgan fingerprint density at radius 3 is 1.24 bits per heavy atom. The van der Waals surface area contributed by atoms with Crippen LogP contribution in [0.4, 0.5) is 0 Å². The van der Waals surface area contributed by atoms with Gasteiger partial charge >= 0.3 is 0 Å². The first-order valence-corrected chi connectivity index (χ1v) is 13.4. The topological polar surface area (TPSA) is 100 Å². The van der Waals surface area contributed by atoms with Crippen LogP contribution >= 0.6 is 0 Å². The summed E-state index contributed by atoms with van der Waals surface area (Å²) < 4.78 is 0. The Morgan fingerprint density at radius 2 is 0.905 bits per heavy atom. The molecule has 0 fully saturated rings. The van der Waals surface area contributed by atoms with Crippen LogP contribution in [-0.2, 0) is 0 Å². The fraction of sp³-hybridized carbons (Fsp3) is 0.167. The molecule has 6 heteroatoms. The Labute approximate surface area is 250 Å². The number of rotatable bonds is 8. The maximum absolute atomic E-state index is 5.59. The number of hydrogen-bond donors (Lipinski definition) is 6. The predicted octanol–water partition coefficient (Wildman–Crippen LogP) is 2.90. The highest BCUT2D eigenvalue weighted by Crippen LogP contribution is 2.29. The smallest absolute Gasteiger partial charge is 0.0893 e. The molecule has 210 valence electrons. The van der Waals surface area contributed by atoms with Crippen molar-refractivity contribution in [3.05, 3.63) is 108 Å². The van der Waals surface area contributed by atoms with Crippen LogP contribution in [-0.4, -0.2) is 40.3 Å². The molecule has 3 aromatic rings. The Morgan fingerprint density at radius 1 is 0.548 bits per heavy atom. The molecule has 0 aliphatic rings. The highest BCUT2D eigenvalue weighted by molar-refractivity contribution is 5.76. The van der Waals surface area contributed by atoms with E-state index in [2.05, 4.69) is 124 Å². The van der Waals surface area contributed by atoms with Crippen molar-refractivity contribution in [1.82, 2.24) is 21.3 Å². The van der Waals surface area contributed by atoms with Gasteiger partial charge < -0.3 is 32.7 Å². The molecular formula is C36H36N6. The van der Waals surface area contributed by atoms with Gasteiger partial charge in [0.05, 0.1) is 37.8 Å². The summed E-state index contributed by atoms with van der Waals surface area (Å²) in [5.41, 5.74) is 18.8. The fourth-order valence-electron chi connectivity index (χ4n) is 3.83. The van der Waals surface area contributed by atoms with Crippen molar-refractivity contribution in [3.8, 4) is 69.6 Å². The SMILES string of the molecule is C=C(N)NCC#Cc1cc(C#CCNC)cc(-c2cccc(-c3cc(C#CCNC)cc(C#CCNC(=C)N)c3)c2)c1. The van der Waals surface area contributed by atoms with E-state index >= 15 is 0 Å². The van der Waals surface area contributed by atoms with E-state index in [-0.39, 0.29) is 0 Å². The summed E-state index contributed by atoms with van der Waals surface area (Å²) in [6.45, 7) is 9.30. The van der Waals surface area contributed by atoms with Crippen molar-refractivity contribution in [1.29, 1.82) is 0 Å². The molecule has 0 radical (unpaired) electrons. The van der Waals surface area contributed by atoms with Crippen LogP contribution in [0.25, 0.3) is 22.3 Å². The third-order valence-corrected chi connectivity index (χ3v) is 5.66. The van der Waals surface area contributed by atoms with E-state index in [0.717, 1.165) is 44.5 Å². The van der Waals surface area contributed by atoms with Crippen LogP contribution < -0.4 is 32.7 Å². The molecule has 42 heavy (non-hydrogen) atoms. The predicted molar refractivity (Wildman–Crippen MR) is 175 cm³/mol. The van der Waals surface area contributed by atoms with E-state index < -0.39 is 0 Å². The highest BCUT2D eigenvalue weighted by Gasteiger charge is 2.07. The lowest BCUT2D eigenvalue weighted by Crippen LogP contribution is -2.18. The third kappa shape index (κ3) is 10.6. The van der Waals surface area contributed by atoms with E-state index in [9.17, 15) is 0 Å². The summed E-state index contributed by atoms with van der Waals surface area (Å²) in [5, 5.41) is 12.0. The Balaban J connectivity index is 2.05. The molecule has 0 bridgehead atoms. The second-order valence-electron chi connectivity index (χ2n) is 9.20. The van der Waals surface area contributed by atoms with Gasteiger partial charge in [-0.15, -0.1) is 0 Å². The van der Waals surface area contributed by atoms with Gasteiger partial charge in [-0.1, -0.05) is 78.7 Å². The summed E-state index contributed by atoms with van der Waals surface area (Å²) in [7, 11) is 3.75. The lowest BCUT2D eigenvalue weighted by Gasteiger charge is -2.09. The van der Waals surface area contributed by atoms with Gasteiger partial charge in [0, 0.05) is 22.3 Å². The molecule has 6 nitrogen and oxygen atoms in total. The second kappa shape index (κ2) is 16.6. The molecular weight excluding hydrogens is 516 g/mol. The number of nitrogens with one attached hydrogen (secondary N) is 4. The van der Waals surface area contributed by atoms with E-state index in [1.165, 1.54) is 0 Å². The highest BCUT2D eigenvalue weighted by atomic mass is 15.0. The largest absolute Gasteiger partial charge is 0.386 e. The van der Waals surface area contributed by atoms with Gasteiger partial charge in [-0.05, 0) is 78.8 Å². The minimum absolute atomic E-state index is 0.387. The minimum atomic E-state index is 0.387. The average Bonchev–Trinajstić information content (AvgIpc) is 2.97. The zero-order chi connectivity index (χ0) is 30.2. The van der Waals surface area contributed by atoms with Crippen LogP contribution in [0.1, 0.15) is 22.3 Å². The Kier molecular flexibility index (Phi) is 12.2. The van der Waals surface area contributed by atoms with E-state index in [4.69, 9.17) is 11.5 Å². The van der Waals surface area contributed by atoms with Crippen molar-refractivity contribution in [2.45, 2.75) is 0 Å². The van der Waals surface area contributed by atoms with E-state index in [0.29, 0.717) is 37.8 Å². The first kappa shape index (κ1) is 31.0.